The van der Waals surface area contributed by atoms with E-state index in [-0.39, 0.29) is 17.9 Å². The highest BCUT2D eigenvalue weighted by molar-refractivity contribution is 5.76. The maximum Gasteiger partial charge on any atom is 0.220 e. The Labute approximate surface area is 110 Å². The van der Waals surface area contributed by atoms with Crippen LogP contribution in [-0.2, 0) is 4.79 Å². The van der Waals surface area contributed by atoms with Crippen LogP contribution in [0.3, 0.4) is 0 Å². The molecule has 2 saturated carbocycles. The molecule has 2 N–H and O–H groups in total. The van der Waals surface area contributed by atoms with E-state index in [2.05, 4.69) is 26.1 Å². The van der Waals surface area contributed by atoms with Gasteiger partial charge >= 0.3 is 0 Å². The van der Waals surface area contributed by atoms with Crippen LogP contribution in [-0.4, -0.2) is 23.7 Å². The van der Waals surface area contributed by atoms with Crippen LogP contribution < -0.4 is 5.32 Å². The second kappa shape index (κ2) is 4.84. The highest BCUT2D eigenvalue weighted by Crippen LogP contribution is 2.65. The summed E-state index contributed by atoms with van der Waals surface area (Å²) in [5, 5.41) is 12.0. The van der Waals surface area contributed by atoms with Gasteiger partial charge in [-0.05, 0) is 48.9 Å². The second-order valence-electron chi connectivity index (χ2n) is 6.91. The first-order chi connectivity index (χ1) is 8.41. The van der Waals surface area contributed by atoms with E-state index >= 15 is 0 Å². The first-order valence-corrected chi connectivity index (χ1v) is 7.32. The topological polar surface area (TPSA) is 49.3 Å². The molecule has 2 rings (SSSR count). The summed E-state index contributed by atoms with van der Waals surface area (Å²) in [5.41, 5.74) is 0.625. The van der Waals surface area contributed by atoms with Crippen LogP contribution in [0.2, 0.25) is 0 Å². The maximum atomic E-state index is 11.9. The molecule has 2 aliphatic rings. The lowest BCUT2D eigenvalue weighted by Gasteiger charge is -2.39. The van der Waals surface area contributed by atoms with Crippen molar-refractivity contribution >= 4 is 5.91 Å². The molecule has 3 unspecified atom stereocenters. The van der Waals surface area contributed by atoms with E-state index in [1.165, 1.54) is 12.8 Å². The first kappa shape index (κ1) is 13.9. The Morgan fingerprint density at radius 2 is 2.06 bits per heavy atom. The summed E-state index contributed by atoms with van der Waals surface area (Å²) >= 11 is 0. The van der Waals surface area contributed by atoms with E-state index in [0.29, 0.717) is 17.9 Å². The third-order valence-electron chi connectivity index (χ3n) is 5.94. The van der Waals surface area contributed by atoms with E-state index in [1.807, 2.05) is 0 Å². The zero-order valence-corrected chi connectivity index (χ0v) is 12.0. The van der Waals surface area contributed by atoms with Gasteiger partial charge in [0.1, 0.15) is 0 Å². The molecule has 3 nitrogen and oxygen atoms in total. The van der Waals surface area contributed by atoms with Gasteiger partial charge in [0.2, 0.25) is 5.91 Å². The third kappa shape index (κ3) is 2.07. The average molecular weight is 253 g/mol. The number of hydrogen-bond donors (Lipinski definition) is 2. The van der Waals surface area contributed by atoms with Crippen molar-refractivity contribution in [1.29, 1.82) is 0 Å². The van der Waals surface area contributed by atoms with Crippen LogP contribution in [0, 0.1) is 16.7 Å². The zero-order valence-electron chi connectivity index (χ0n) is 12.0. The lowest BCUT2D eigenvalue weighted by Crippen LogP contribution is -2.46. The lowest BCUT2D eigenvalue weighted by atomic mass is 9.69. The number of unbranched alkanes of at least 4 members (excludes halogenated alkanes) is 1. The Morgan fingerprint density at radius 3 is 2.56 bits per heavy atom. The molecule has 104 valence electrons. The summed E-state index contributed by atoms with van der Waals surface area (Å²) in [7, 11) is 0. The summed E-state index contributed by atoms with van der Waals surface area (Å²) in [5.74, 6) is 0.934. The number of aliphatic hydroxyl groups excluding tert-OH is 1. The molecular formula is C15H27NO2. The molecule has 0 heterocycles. The fourth-order valence-corrected chi connectivity index (χ4v) is 4.09. The Morgan fingerprint density at radius 1 is 1.33 bits per heavy atom. The van der Waals surface area contributed by atoms with Crippen LogP contribution in [0.4, 0.5) is 0 Å². The van der Waals surface area contributed by atoms with Gasteiger partial charge in [0, 0.05) is 19.1 Å². The fourth-order valence-electron chi connectivity index (χ4n) is 4.09. The van der Waals surface area contributed by atoms with E-state index in [9.17, 15) is 4.79 Å². The Kier molecular flexibility index (Phi) is 3.72. The molecule has 0 aromatic rings. The van der Waals surface area contributed by atoms with Gasteiger partial charge in [-0.1, -0.05) is 20.8 Å². The second-order valence-corrected chi connectivity index (χ2v) is 6.91. The molecule has 0 radical (unpaired) electrons. The number of rotatable bonds is 5. The Balaban J connectivity index is 1.90. The molecule has 0 spiro atoms. The molecular weight excluding hydrogens is 226 g/mol. The molecule has 2 fully saturated rings. The predicted octanol–water partition coefficient (Wildman–Crippen LogP) is 2.48. The van der Waals surface area contributed by atoms with Crippen LogP contribution in [0.1, 0.15) is 59.3 Å². The molecule has 2 aliphatic carbocycles. The van der Waals surface area contributed by atoms with Crippen LogP contribution >= 0.6 is 0 Å². The molecule has 0 aromatic heterocycles. The SMILES string of the molecule is CC1(C)C2CCC1(C)C(NC(=O)CCCCO)C2. The van der Waals surface area contributed by atoms with Crippen molar-refractivity contribution < 1.29 is 9.90 Å². The molecule has 0 aromatic carbocycles. The average Bonchev–Trinajstić information content (AvgIpc) is 2.62. The molecule has 3 atom stereocenters. The van der Waals surface area contributed by atoms with E-state index in [4.69, 9.17) is 5.11 Å². The van der Waals surface area contributed by atoms with Gasteiger partial charge < -0.3 is 10.4 Å². The minimum atomic E-state index is 0.165. The number of nitrogens with one attached hydrogen (secondary N) is 1. The Hall–Kier alpha value is -0.570. The summed E-state index contributed by atoms with van der Waals surface area (Å²) in [6.45, 7) is 7.26. The quantitative estimate of drug-likeness (QED) is 0.740. The van der Waals surface area contributed by atoms with Gasteiger partial charge in [-0.25, -0.2) is 0 Å². The van der Waals surface area contributed by atoms with Crippen LogP contribution in [0.15, 0.2) is 0 Å². The van der Waals surface area contributed by atoms with Crippen molar-refractivity contribution in [2.45, 2.75) is 65.3 Å². The summed E-state index contributed by atoms with van der Waals surface area (Å²) in [6, 6.07) is 0.355. The number of carbonyl (C=O) groups is 1. The highest BCUT2D eigenvalue weighted by Gasteiger charge is 2.61. The highest BCUT2D eigenvalue weighted by atomic mass is 16.2. The minimum absolute atomic E-state index is 0.165. The van der Waals surface area contributed by atoms with Gasteiger partial charge in [0.05, 0.1) is 0 Å². The molecule has 2 bridgehead atoms. The van der Waals surface area contributed by atoms with E-state index in [0.717, 1.165) is 25.2 Å². The van der Waals surface area contributed by atoms with E-state index < -0.39 is 0 Å². The normalized spacial score (nSPS) is 36.9. The van der Waals surface area contributed by atoms with Gasteiger partial charge in [-0.15, -0.1) is 0 Å². The third-order valence-corrected chi connectivity index (χ3v) is 5.94. The van der Waals surface area contributed by atoms with Gasteiger partial charge in [-0.3, -0.25) is 4.79 Å². The lowest BCUT2D eigenvalue weighted by molar-refractivity contribution is -0.123. The van der Waals surface area contributed by atoms with Crippen molar-refractivity contribution in [2.24, 2.45) is 16.7 Å². The zero-order chi connectivity index (χ0) is 13.4. The monoisotopic (exact) mass is 253 g/mol. The van der Waals surface area contributed by atoms with Gasteiger partial charge in [0.15, 0.2) is 0 Å². The van der Waals surface area contributed by atoms with E-state index in [1.54, 1.807) is 0 Å². The van der Waals surface area contributed by atoms with Crippen molar-refractivity contribution in [3.63, 3.8) is 0 Å². The fraction of sp³-hybridized carbons (Fsp3) is 0.933. The van der Waals surface area contributed by atoms with Gasteiger partial charge in [0.25, 0.3) is 0 Å². The molecule has 0 aliphatic heterocycles. The summed E-state index contributed by atoms with van der Waals surface area (Å²) < 4.78 is 0. The first-order valence-electron chi connectivity index (χ1n) is 7.32. The number of carbonyl (C=O) groups excluding carboxylic acids is 1. The van der Waals surface area contributed by atoms with Crippen molar-refractivity contribution in [3.05, 3.63) is 0 Å². The van der Waals surface area contributed by atoms with Gasteiger partial charge in [-0.2, -0.15) is 0 Å². The Bertz CT molecular complexity index is 326. The minimum Gasteiger partial charge on any atom is -0.396 e. The smallest absolute Gasteiger partial charge is 0.220 e. The molecule has 1 amide bonds. The number of amides is 1. The van der Waals surface area contributed by atoms with Crippen molar-refractivity contribution in [3.8, 4) is 0 Å². The number of hydrogen-bond acceptors (Lipinski definition) is 2. The molecule has 18 heavy (non-hydrogen) atoms. The largest absolute Gasteiger partial charge is 0.396 e. The molecule has 3 heteroatoms. The van der Waals surface area contributed by atoms with Crippen LogP contribution in [0.25, 0.3) is 0 Å². The van der Waals surface area contributed by atoms with Crippen molar-refractivity contribution in [2.75, 3.05) is 6.61 Å². The number of fused-ring (bicyclic) bond motifs is 2. The molecule has 0 saturated heterocycles. The maximum absolute atomic E-state index is 11.9. The standard InChI is InChI=1S/C15H27NO2/c1-14(2)11-7-8-15(14,3)12(10-11)16-13(18)6-4-5-9-17/h11-12,17H,4-10H2,1-3H3,(H,16,18). The van der Waals surface area contributed by atoms with Crippen molar-refractivity contribution in [1.82, 2.24) is 5.32 Å². The summed E-state index contributed by atoms with van der Waals surface area (Å²) in [6.07, 6.45) is 5.78. The summed E-state index contributed by atoms with van der Waals surface area (Å²) in [4.78, 5) is 11.9. The van der Waals surface area contributed by atoms with Crippen LogP contribution in [0.5, 0.6) is 0 Å². The number of aliphatic hydroxyl groups is 1. The predicted molar refractivity (Wildman–Crippen MR) is 72.1 cm³/mol.